The van der Waals surface area contributed by atoms with Crippen molar-refractivity contribution in [3.8, 4) is 5.75 Å². The van der Waals surface area contributed by atoms with Crippen LogP contribution in [0.3, 0.4) is 0 Å². The summed E-state index contributed by atoms with van der Waals surface area (Å²) in [5.74, 6) is 0.325. The van der Waals surface area contributed by atoms with Gasteiger partial charge in [-0.15, -0.1) is 0 Å². The minimum absolute atomic E-state index is 0.0194. The minimum Gasteiger partial charge on any atom is -0.481 e. The van der Waals surface area contributed by atoms with Gasteiger partial charge < -0.3 is 14.8 Å². The second kappa shape index (κ2) is 7.21. The molecule has 6 heteroatoms. The Labute approximate surface area is 118 Å². The largest absolute Gasteiger partial charge is 0.481 e. The number of hydrogen-bond donors (Lipinski definition) is 1. The number of nitro benzene ring substituents is 1. The van der Waals surface area contributed by atoms with Crippen molar-refractivity contribution in [2.75, 3.05) is 19.8 Å². The lowest BCUT2D eigenvalue weighted by molar-refractivity contribution is -0.386. The minimum atomic E-state index is -0.394. The van der Waals surface area contributed by atoms with Crippen LogP contribution in [0.5, 0.6) is 5.75 Å². The number of ether oxygens (including phenoxy) is 2. The molecule has 0 bridgehead atoms. The van der Waals surface area contributed by atoms with Crippen molar-refractivity contribution in [2.24, 2.45) is 0 Å². The normalized spacial score (nSPS) is 18.8. The summed E-state index contributed by atoms with van der Waals surface area (Å²) in [6.07, 6.45) is 1.70. The molecule has 1 N–H and O–H groups in total. The molecule has 0 radical (unpaired) electrons. The van der Waals surface area contributed by atoms with Crippen LogP contribution in [-0.2, 0) is 11.3 Å². The molecule has 0 spiro atoms. The molecular formula is C14H20N2O4. The lowest BCUT2D eigenvalue weighted by Gasteiger charge is -2.23. The van der Waals surface area contributed by atoms with Crippen molar-refractivity contribution in [1.82, 2.24) is 5.32 Å². The Balaban J connectivity index is 2.12. The van der Waals surface area contributed by atoms with Crippen molar-refractivity contribution >= 4 is 5.69 Å². The standard InChI is InChI=1S/C14H20N2O4/c1-2-15-9-11-5-6-14(13(8-11)16(17)18)20-12-4-3-7-19-10-12/h5-6,8,12,15H,2-4,7,9-10H2,1H3. The zero-order valence-corrected chi connectivity index (χ0v) is 11.6. The number of nitro groups is 1. The van der Waals surface area contributed by atoms with E-state index in [1.54, 1.807) is 12.1 Å². The van der Waals surface area contributed by atoms with E-state index in [-0.39, 0.29) is 11.8 Å². The summed E-state index contributed by atoms with van der Waals surface area (Å²) in [6.45, 7) is 4.67. The average Bonchev–Trinajstić information content (AvgIpc) is 2.47. The second-order valence-corrected chi connectivity index (χ2v) is 4.80. The summed E-state index contributed by atoms with van der Waals surface area (Å²) in [6, 6.07) is 5.11. The highest BCUT2D eigenvalue weighted by Gasteiger charge is 2.21. The number of nitrogens with zero attached hydrogens (tertiary/aromatic N) is 1. The molecule has 1 aliphatic heterocycles. The predicted molar refractivity (Wildman–Crippen MR) is 74.9 cm³/mol. The molecule has 0 aliphatic carbocycles. The van der Waals surface area contributed by atoms with Crippen LogP contribution >= 0.6 is 0 Å². The van der Waals surface area contributed by atoms with E-state index in [2.05, 4.69) is 5.32 Å². The highest BCUT2D eigenvalue weighted by Crippen LogP contribution is 2.30. The summed E-state index contributed by atoms with van der Waals surface area (Å²) in [5.41, 5.74) is 0.900. The molecule has 6 nitrogen and oxygen atoms in total. The maximum Gasteiger partial charge on any atom is 0.311 e. The monoisotopic (exact) mass is 280 g/mol. The maximum absolute atomic E-state index is 11.2. The Morgan fingerprint density at radius 2 is 2.40 bits per heavy atom. The fourth-order valence-corrected chi connectivity index (χ4v) is 2.17. The molecule has 1 aromatic rings. The van der Waals surface area contributed by atoms with Gasteiger partial charge in [0.2, 0.25) is 0 Å². The molecule has 1 saturated heterocycles. The Morgan fingerprint density at radius 3 is 3.05 bits per heavy atom. The van der Waals surface area contributed by atoms with Crippen LogP contribution in [-0.4, -0.2) is 30.8 Å². The zero-order chi connectivity index (χ0) is 14.4. The third-order valence-corrected chi connectivity index (χ3v) is 3.21. The molecule has 0 saturated carbocycles. The van der Waals surface area contributed by atoms with E-state index < -0.39 is 4.92 Å². The summed E-state index contributed by atoms with van der Waals surface area (Å²) >= 11 is 0. The zero-order valence-electron chi connectivity index (χ0n) is 11.6. The van der Waals surface area contributed by atoms with Gasteiger partial charge in [0, 0.05) is 19.2 Å². The molecule has 0 amide bonds. The van der Waals surface area contributed by atoms with E-state index in [4.69, 9.17) is 9.47 Å². The van der Waals surface area contributed by atoms with E-state index in [0.717, 1.165) is 31.6 Å². The molecular weight excluding hydrogens is 260 g/mol. The van der Waals surface area contributed by atoms with E-state index in [0.29, 0.717) is 18.9 Å². The van der Waals surface area contributed by atoms with Crippen LogP contribution in [0.25, 0.3) is 0 Å². The Hall–Kier alpha value is -1.66. The summed E-state index contributed by atoms with van der Waals surface area (Å²) in [5, 5.41) is 14.3. The lowest BCUT2D eigenvalue weighted by Crippen LogP contribution is -2.28. The SMILES string of the molecule is CCNCc1ccc(OC2CCCOC2)c([N+](=O)[O-])c1. The molecule has 2 rings (SSSR count). The molecule has 1 heterocycles. The molecule has 20 heavy (non-hydrogen) atoms. The Morgan fingerprint density at radius 1 is 1.55 bits per heavy atom. The highest BCUT2D eigenvalue weighted by atomic mass is 16.6. The first-order chi connectivity index (χ1) is 9.70. The molecule has 0 aromatic heterocycles. The van der Waals surface area contributed by atoms with Gasteiger partial charge in [-0.2, -0.15) is 0 Å². The first-order valence-corrected chi connectivity index (χ1v) is 6.93. The third-order valence-electron chi connectivity index (χ3n) is 3.21. The first-order valence-electron chi connectivity index (χ1n) is 6.93. The molecule has 1 aromatic carbocycles. The second-order valence-electron chi connectivity index (χ2n) is 4.80. The summed E-state index contributed by atoms with van der Waals surface area (Å²) in [4.78, 5) is 10.8. The van der Waals surface area contributed by atoms with Crippen LogP contribution in [0.2, 0.25) is 0 Å². The predicted octanol–water partition coefficient (Wildman–Crippen LogP) is 2.26. The van der Waals surface area contributed by atoms with E-state index in [1.165, 1.54) is 0 Å². The first kappa shape index (κ1) is 14.7. The summed E-state index contributed by atoms with van der Waals surface area (Å²) < 4.78 is 11.0. The van der Waals surface area contributed by atoms with Crippen molar-refractivity contribution in [3.05, 3.63) is 33.9 Å². The molecule has 1 aliphatic rings. The van der Waals surface area contributed by atoms with Gasteiger partial charge in [0.15, 0.2) is 5.75 Å². The van der Waals surface area contributed by atoms with Gasteiger partial charge in [-0.1, -0.05) is 13.0 Å². The third kappa shape index (κ3) is 3.91. The molecule has 1 fully saturated rings. The van der Waals surface area contributed by atoms with Crippen LogP contribution in [0.1, 0.15) is 25.3 Å². The smallest absolute Gasteiger partial charge is 0.311 e. The summed E-state index contributed by atoms with van der Waals surface area (Å²) in [7, 11) is 0. The van der Waals surface area contributed by atoms with Gasteiger partial charge in [0.1, 0.15) is 6.10 Å². The molecule has 1 unspecified atom stereocenters. The quantitative estimate of drug-likeness (QED) is 0.639. The van der Waals surface area contributed by atoms with E-state index in [1.807, 2.05) is 13.0 Å². The van der Waals surface area contributed by atoms with Crippen molar-refractivity contribution in [1.29, 1.82) is 0 Å². The average molecular weight is 280 g/mol. The number of rotatable bonds is 6. The highest BCUT2D eigenvalue weighted by molar-refractivity contribution is 5.48. The maximum atomic E-state index is 11.2. The molecule has 110 valence electrons. The van der Waals surface area contributed by atoms with Crippen LogP contribution in [0.4, 0.5) is 5.69 Å². The van der Waals surface area contributed by atoms with Gasteiger partial charge in [-0.25, -0.2) is 0 Å². The van der Waals surface area contributed by atoms with Gasteiger partial charge >= 0.3 is 5.69 Å². The van der Waals surface area contributed by atoms with Gasteiger partial charge in [0.25, 0.3) is 0 Å². The van der Waals surface area contributed by atoms with Crippen molar-refractivity contribution in [3.63, 3.8) is 0 Å². The van der Waals surface area contributed by atoms with Crippen molar-refractivity contribution < 1.29 is 14.4 Å². The fraction of sp³-hybridized carbons (Fsp3) is 0.571. The van der Waals surface area contributed by atoms with E-state index in [9.17, 15) is 10.1 Å². The van der Waals surface area contributed by atoms with Crippen LogP contribution in [0.15, 0.2) is 18.2 Å². The topological polar surface area (TPSA) is 73.6 Å². The van der Waals surface area contributed by atoms with Gasteiger partial charge in [0.05, 0.1) is 11.5 Å². The number of hydrogen-bond acceptors (Lipinski definition) is 5. The van der Waals surface area contributed by atoms with E-state index >= 15 is 0 Å². The molecule has 1 atom stereocenters. The Kier molecular flexibility index (Phi) is 5.31. The van der Waals surface area contributed by atoms with Crippen LogP contribution < -0.4 is 10.1 Å². The number of nitrogens with one attached hydrogen (secondary N) is 1. The Bertz CT molecular complexity index is 458. The number of benzene rings is 1. The van der Waals surface area contributed by atoms with Gasteiger partial charge in [-0.05, 0) is 31.0 Å². The fourth-order valence-electron chi connectivity index (χ4n) is 2.17. The lowest BCUT2D eigenvalue weighted by atomic mass is 10.1. The van der Waals surface area contributed by atoms with Crippen LogP contribution in [0, 0.1) is 10.1 Å². The van der Waals surface area contributed by atoms with Gasteiger partial charge in [-0.3, -0.25) is 10.1 Å². The van der Waals surface area contributed by atoms with Crippen molar-refractivity contribution in [2.45, 2.75) is 32.4 Å².